The van der Waals surface area contributed by atoms with E-state index in [0.29, 0.717) is 36.5 Å². The Labute approximate surface area is 219 Å². The second-order valence-electron chi connectivity index (χ2n) is 9.64. The second kappa shape index (κ2) is 11.4. The van der Waals surface area contributed by atoms with Crippen LogP contribution in [0.4, 0.5) is 24.5 Å². The summed E-state index contributed by atoms with van der Waals surface area (Å²) in [5.41, 5.74) is 3.30. The minimum absolute atomic E-state index is 0.273. The zero-order chi connectivity index (χ0) is 27.4. The van der Waals surface area contributed by atoms with Gasteiger partial charge in [0.2, 0.25) is 12.1 Å². The number of hydrogen-bond acceptors (Lipinski definition) is 5. The highest BCUT2D eigenvalue weighted by molar-refractivity contribution is 6.22. The topological polar surface area (TPSA) is 90.9 Å². The first kappa shape index (κ1) is 27.3. The van der Waals surface area contributed by atoms with Gasteiger partial charge in [0.25, 0.3) is 5.91 Å². The first-order valence-electron chi connectivity index (χ1n) is 12.8. The summed E-state index contributed by atoms with van der Waals surface area (Å²) in [4.78, 5) is 45.9. The van der Waals surface area contributed by atoms with E-state index in [4.69, 9.17) is 0 Å². The molecule has 0 fully saturated rings. The summed E-state index contributed by atoms with van der Waals surface area (Å²) >= 11 is 0. The first-order chi connectivity index (χ1) is 18.1. The molecule has 10 heteroatoms. The average molecular weight is 529 g/mol. The number of carbonyl (C=O) groups excluding carboxylic acids is 3. The van der Waals surface area contributed by atoms with Crippen LogP contribution in [0.3, 0.4) is 0 Å². The van der Waals surface area contributed by atoms with Gasteiger partial charge >= 0.3 is 6.18 Å². The van der Waals surface area contributed by atoms with E-state index >= 15 is 0 Å². The Bertz CT molecular complexity index is 1230. The third-order valence-electron chi connectivity index (χ3n) is 6.98. The van der Waals surface area contributed by atoms with Crippen molar-refractivity contribution in [2.24, 2.45) is 16.8 Å². The molecule has 0 unspecified atom stereocenters. The number of benzene rings is 2. The minimum atomic E-state index is -4.48. The van der Waals surface area contributed by atoms with Gasteiger partial charge in [-0.25, -0.2) is 4.99 Å². The van der Waals surface area contributed by atoms with Gasteiger partial charge < -0.3 is 15.5 Å². The normalized spacial score (nSPS) is 18.4. The lowest BCUT2D eigenvalue weighted by Gasteiger charge is -2.32. The van der Waals surface area contributed by atoms with Crippen LogP contribution in [0.5, 0.6) is 0 Å². The number of Topliss-reactive ketones (excluding diaryl/α,β-unsaturated/α-hetero) is 1. The molecule has 0 bridgehead atoms. The Morgan fingerprint density at radius 2 is 1.84 bits per heavy atom. The second-order valence-corrected chi connectivity index (χ2v) is 9.64. The maximum absolute atomic E-state index is 13.7. The molecular formula is C28H31F3N4O3. The molecule has 0 radical (unpaired) electrons. The molecule has 0 aromatic heterocycles. The SMILES string of the molecule is CCC[C@H](C(C)=O)[C@@H](CCC(F)(F)F)C(=O)N[C@H]1N=C(c2ccccc2)c2cccc3c2N(CCN3)C1=O. The Kier molecular flexibility index (Phi) is 8.18. The van der Waals surface area contributed by atoms with E-state index in [9.17, 15) is 27.6 Å². The average Bonchev–Trinajstić information content (AvgIpc) is 3.00. The highest BCUT2D eigenvalue weighted by atomic mass is 19.4. The molecule has 2 amide bonds. The lowest BCUT2D eigenvalue weighted by atomic mass is 9.82. The number of hydrogen-bond donors (Lipinski definition) is 2. The number of aliphatic imine (C=N–C) groups is 1. The Morgan fingerprint density at radius 1 is 1.11 bits per heavy atom. The largest absolute Gasteiger partial charge is 0.389 e. The molecule has 2 aliphatic rings. The zero-order valence-electron chi connectivity index (χ0n) is 21.3. The number of halogens is 3. The summed E-state index contributed by atoms with van der Waals surface area (Å²) < 4.78 is 39.4. The highest BCUT2D eigenvalue weighted by Gasteiger charge is 2.40. The fourth-order valence-corrected chi connectivity index (χ4v) is 5.20. The van der Waals surface area contributed by atoms with Crippen LogP contribution in [0.25, 0.3) is 0 Å². The maximum Gasteiger partial charge on any atom is 0.389 e. The number of nitrogens with one attached hydrogen (secondary N) is 2. The van der Waals surface area contributed by atoms with Crippen molar-refractivity contribution >= 4 is 34.7 Å². The maximum atomic E-state index is 13.7. The van der Waals surface area contributed by atoms with Crippen molar-refractivity contribution in [2.45, 2.75) is 51.9 Å². The number of nitrogens with zero attached hydrogens (tertiary/aromatic N) is 2. The zero-order valence-corrected chi connectivity index (χ0v) is 21.3. The molecule has 2 heterocycles. The van der Waals surface area contributed by atoms with Gasteiger partial charge in [0, 0.05) is 42.5 Å². The Morgan fingerprint density at radius 3 is 2.50 bits per heavy atom. The van der Waals surface area contributed by atoms with Crippen molar-refractivity contribution in [3.8, 4) is 0 Å². The number of para-hydroxylation sites is 1. The molecule has 7 nitrogen and oxygen atoms in total. The van der Waals surface area contributed by atoms with Gasteiger partial charge in [-0.05, 0) is 25.8 Å². The van der Waals surface area contributed by atoms with Gasteiger partial charge in [0.05, 0.1) is 17.1 Å². The van der Waals surface area contributed by atoms with Crippen molar-refractivity contribution in [3.63, 3.8) is 0 Å². The number of amides is 2. The third-order valence-corrected chi connectivity index (χ3v) is 6.98. The van der Waals surface area contributed by atoms with E-state index in [1.807, 2.05) is 48.5 Å². The van der Waals surface area contributed by atoms with Gasteiger partial charge in [-0.3, -0.25) is 14.4 Å². The van der Waals surface area contributed by atoms with E-state index in [1.54, 1.807) is 11.8 Å². The standard InChI is InChI=1S/C28H31F3N4O3/c1-3-8-19(17(2)36)20(13-14-28(29,30)31)26(37)34-25-27(38)35-16-15-32-22-12-7-11-21(24(22)35)23(33-25)18-9-5-4-6-10-18/h4-7,9-12,19-20,25,32H,3,8,13-16H2,1-2H3,(H,34,37)/t19-,20-,25-/m1/s1. The van der Waals surface area contributed by atoms with Crippen molar-refractivity contribution < 1.29 is 27.6 Å². The molecule has 4 rings (SSSR count). The van der Waals surface area contributed by atoms with Crippen molar-refractivity contribution in [1.29, 1.82) is 0 Å². The molecule has 2 aliphatic heterocycles. The molecule has 0 saturated heterocycles. The van der Waals surface area contributed by atoms with Crippen molar-refractivity contribution in [1.82, 2.24) is 5.32 Å². The van der Waals surface area contributed by atoms with Crippen LogP contribution in [-0.2, 0) is 14.4 Å². The van der Waals surface area contributed by atoms with E-state index in [0.717, 1.165) is 11.3 Å². The predicted octanol–water partition coefficient (Wildman–Crippen LogP) is 4.70. The molecular weight excluding hydrogens is 497 g/mol. The summed E-state index contributed by atoms with van der Waals surface area (Å²) in [6, 6.07) is 14.7. The van der Waals surface area contributed by atoms with Crippen LogP contribution in [0, 0.1) is 11.8 Å². The summed E-state index contributed by atoms with van der Waals surface area (Å²) in [5, 5.41) is 5.91. The number of alkyl halides is 3. The Hall–Kier alpha value is -3.69. The molecule has 2 aromatic carbocycles. The van der Waals surface area contributed by atoms with Gasteiger partial charge in [0.15, 0.2) is 0 Å². The number of anilines is 2. The van der Waals surface area contributed by atoms with Crippen molar-refractivity contribution in [2.75, 3.05) is 23.3 Å². The summed E-state index contributed by atoms with van der Waals surface area (Å²) in [6.45, 7) is 3.91. The van der Waals surface area contributed by atoms with E-state index in [-0.39, 0.29) is 12.2 Å². The fraction of sp³-hybridized carbons (Fsp3) is 0.429. The lowest BCUT2D eigenvalue weighted by molar-refractivity contribution is -0.146. The first-order valence-corrected chi connectivity index (χ1v) is 12.8. The van der Waals surface area contributed by atoms with Crippen molar-refractivity contribution in [3.05, 3.63) is 59.7 Å². The van der Waals surface area contributed by atoms with Gasteiger partial charge in [-0.1, -0.05) is 55.8 Å². The number of rotatable bonds is 9. The van der Waals surface area contributed by atoms with E-state index < -0.39 is 48.8 Å². The third kappa shape index (κ3) is 5.89. The summed E-state index contributed by atoms with van der Waals surface area (Å²) in [7, 11) is 0. The Balaban J connectivity index is 1.74. The molecule has 202 valence electrons. The molecule has 38 heavy (non-hydrogen) atoms. The van der Waals surface area contributed by atoms with Crippen LogP contribution in [-0.4, -0.2) is 48.7 Å². The van der Waals surface area contributed by atoms with Crippen LogP contribution in [0.15, 0.2) is 53.5 Å². The van der Waals surface area contributed by atoms with Crippen LogP contribution in [0.1, 0.15) is 50.7 Å². The molecule has 0 aliphatic carbocycles. The number of ketones is 1. The van der Waals surface area contributed by atoms with Crippen LogP contribution < -0.4 is 15.5 Å². The molecule has 2 aromatic rings. The number of carbonyl (C=O) groups is 3. The fourth-order valence-electron chi connectivity index (χ4n) is 5.20. The summed E-state index contributed by atoms with van der Waals surface area (Å²) in [6.07, 6.45) is -6.80. The van der Waals surface area contributed by atoms with Gasteiger partial charge in [-0.15, -0.1) is 0 Å². The monoisotopic (exact) mass is 528 g/mol. The smallest absolute Gasteiger partial charge is 0.382 e. The van der Waals surface area contributed by atoms with Crippen LogP contribution >= 0.6 is 0 Å². The summed E-state index contributed by atoms with van der Waals surface area (Å²) in [5.74, 6) is -3.73. The predicted molar refractivity (Wildman–Crippen MR) is 139 cm³/mol. The molecule has 0 spiro atoms. The molecule has 3 atom stereocenters. The lowest BCUT2D eigenvalue weighted by Crippen LogP contribution is -2.52. The van der Waals surface area contributed by atoms with Crippen LogP contribution in [0.2, 0.25) is 0 Å². The molecule has 2 N–H and O–H groups in total. The van der Waals surface area contributed by atoms with E-state index in [1.165, 1.54) is 6.92 Å². The molecule has 0 saturated carbocycles. The van der Waals surface area contributed by atoms with Gasteiger partial charge in [-0.2, -0.15) is 13.2 Å². The highest BCUT2D eigenvalue weighted by Crippen LogP contribution is 2.37. The van der Waals surface area contributed by atoms with E-state index in [2.05, 4.69) is 15.6 Å². The van der Waals surface area contributed by atoms with Gasteiger partial charge in [0.1, 0.15) is 5.78 Å². The minimum Gasteiger partial charge on any atom is -0.382 e. The quantitative estimate of drug-likeness (QED) is 0.494.